The van der Waals surface area contributed by atoms with Gasteiger partial charge in [0.2, 0.25) is 0 Å². The fourth-order valence-electron chi connectivity index (χ4n) is 1.96. The van der Waals surface area contributed by atoms with Gasteiger partial charge in [-0.05, 0) is 39.5 Å². The molecule has 0 aromatic heterocycles. The van der Waals surface area contributed by atoms with Crippen LogP contribution >= 0.6 is 0 Å². The highest BCUT2D eigenvalue weighted by molar-refractivity contribution is 4.97. The molecule has 1 aliphatic carbocycles. The van der Waals surface area contributed by atoms with Crippen molar-refractivity contribution in [3.05, 3.63) is 0 Å². The lowest BCUT2D eigenvalue weighted by Crippen LogP contribution is -2.53. The van der Waals surface area contributed by atoms with Crippen LogP contribution in [-0.4, -0.2) is 35.7 Å². The minimum Gasteiger partial charge on any atom is -0.324 e. The SMILES string of the molecule is CC(C)N(CC(F)(F)F)CC(C)(N)C1CC1. The Morgan fingerprint density at radius 1 is 1.25 bits per heavy atom. The molecular formula is C11H21F3N2. The minimum absolute atomic E-state index is 0.136. The van der Waals surface area contributed by atoms with E-state index in [4.69, 9.17) is 5.73 Å². The van der Waals surface area contributed by atoms with Crippen molar-refractivity contribution in [3.8, 4) is 0 Å². The van der Waals surface area contributed by atoms with Crippen molar-refractivity contribution in [3.63, 3.8) is 0 Å². The van der Waals surface area contributed by atoms with Crippen LogP contribution in [0.1, 0.15) is 33.6 Å². The normalized spacial score (nSPS) is 21.6. The van der Waals surface area contributed by atoms with Crippen molar-refractivity contribution in [2.45, 2.75) is 51.4 Å². The van der Waals surface area contributed by atoms with Gasteiger partial charge in [-0.1, -0.05) is 0 Å². The van der Waals surface area contributed by atoms with Crippen LogP contribution in [0.15, 0.2) is 0 Å². The molecule has 1 atom stereocenters. The maximum absolute atomic E-state index is 12.4. The summed E-state index contributed by atoms with van der Waals surface area (Å²) >= 11 is 0. The fourth-order valence-corrected chi connectivity index (χ4v) is 1.96. The van der Waals surface area contributed by atoms with E-state index >= 15 is 0 Å². The smallest absolute Gasteiger partial charge is 0.324 e. The standard InChI is InChI=1S/C11H21F3N2/c1-8(2)16(7-11(12,13)14)6-10(3,15)9-4-5-9/h8-9H,4-7,15H2,1-3H3. The zero-order valence-corrected chi connectivity index (χ0v) is 10.1. The average molecular weight is 238 g/mol. The second kappa shape index (κ2) is 4.53. The molecule has 0 spiro atoms. The number of halogens is 3. The van der Waals surface area contributed by atoms with Crippen molar-refractivity contribution < 1.29 is 13.2 Å². The first kappa shape index (κ1) is 13.8. The molecule has 1 unspecified atom stereocenters. The monoisotopic (exact) mass is 238 g/mol. The Balaban J connectivity index is 2.57. The van der Waals surface area contributed by atoms with Crippen LogP contribution in [0.2, 0.25) is 0 Å². The van der Waals surface area contributed by atoms with E-state index in [0.29, 0.717) is 12.5 Å². The van der Waals surface area contributed by atoms with Gasteiger partial charge in [0.05, 0.1) is 6.54 Å². The summed E-state index contributed by atoms with van der Waals surface area (Å²) in [6, 6.07) is -0.136. The summed E-state index contributed by atoms with van der Waals surface area (Å²) in [5, 5.41) is 0. The molecule has 0 radical (unpaired) electrons. The fraction of sp³-hybridized carbons (Fsp3) is 1.00. The third-order valence-electron chi connectivity index (χ3n) is 3.17. The highest BCUT2D eigenvalue weighted by Crippen LogP contribution is 2.38. The summed E-state index contributed by atoms with van der Waals surface area (Å²) in [5.41, 5.74) is 5.58. The molecule has 96 valence electrons. The van der Waals surface area contributed by atoms with Crippen molar-refractivity contribution in [1.29, 1.82) is 0 Å². The predicted molar refractivity (Wildman–Crippen MR) is 58.1 cm³/mol. The Morgan fingerprint density at radius 2 is 1.75 bits per heavy atom. The lowest BCUT2D eigenvalue weighted by molar-refractivity contribution is -0.151. The number of hydrogen-bond donors (Lipinski definition) is 1. The van der Waals surface area contributed by atoms with Gasteiger partial charge < -0.3 is 5.73 Å². The van der Waals surface area contributed by atoms with Gasteiger partial charge in [0, 0.05) is 18.1 Å². The second-order valence-electron chi connectivity index (χ2n) is 5.39. The van der Waals surface area contributed by atoms with E-state index < -0.39 is 18.3 Å². The van der Waals surface area contributed by atoms with Crippen molar-refractivity contribution in [2.75, 3.05) is 13.1 Å². The van der Waals surface area contributed by atoms with E-state index in [1.165, 1.54) is 4.90 Å². The van der Waals surface area contributed by atoms with Crippen molar-refractivity contribution >= 4 is 0 Å². The first-order chi connectivity index (χ1) is 7.12. The van der Waals surface area contributed by atoms with E-state index in [9.17, 15) is 13.2 Å². The average Bonchev–Trinajstić information content (AvgIpc) is 2.80. The van der Waals surface area contributed by atoms with Crippen LogP contribution in [0.5, 0.6) is 0 Å². The summed E-state index contributed by atoms with van der Waals surface area (Å²) in [4.78, 5) is 1.42. The number of alkyl halides is 3. The maximum Gasteiger partial charge on any atom is 0.401 e. The van der Waals surface area contributed by atoms with Crippen molar-refractivity contribution in [1.82, 2.24) is 4.90 Å². The molecule has 0 aliphatic heterocycles. The lowest BCUT2D eigenvalue weighted by Gasteiger charge is -2.35. The molecule has 2 nitrogen and oxygen atoms in total. The zero-order valence-electron chi connectivity index (χ0n) is 10.1. The first-order valence-electron chi connectivity index (χ1n) is 5.71. The van der Waals surface area contributed by atoms with E-state index in [2.05, 4.69) is 0 Å². The highest BCUT2D eigenvalue weighted by atomic mass is 19.4. The first-order valence-corrected chi connectivity index (χ1v) is 5.71. The van der Waals surface area contributed by atoms with Crippen molar-refractivity contribution in [2.24, 2.45) is 11.7 Å². The van der Waals surface area contributed by atoms with Gasteiger partial charge in [-0.15, -0.1) is 0 Å². The van der Waals surface area contributed by atoms with Crippen LogP contribution < -0.4 is 5.73 Å². The second-order valence-corrected chi connectivity index (χ2v) is 5.39. The molecule has 1 rings (SSSR count). The lowest BCUT2D eigenvalue weighted by atomic mass is 9.96. The molecule has 0 heterocycles. The highest BCUT2D eigenvalue weighted by Gasteiger charge is 2.41. The molecule has 0 amide bonds. The van der Waals surface area contributed by atoms with Crippen LogP contribution in [0, 0.1) is 5.92 Å². The third-order valence-corrected chi connectivity index (χ3v) is 3.17. The van der Waals surface area contributed by atoms with E-state index in [-0.39, 0.29) is 6.04 Å². The van der Waals surface area contributed by atoms with E-state index in [1.807, 2.05) is 6.92 Å². The molecule has 1 fully saturated rings. The summed E-state index contributed by atoms with van der Waals surface area (Å²) in [6.07, 6.45) is -2.06. The van der Waals surface area contributed by atoms with Gasteiger partial charge in [0.25, 0.3) is 0 Å². The Morgan fingerprint density at radius 3 is 2.06 bits per heavy atom. The molecular weight excluding hydrogens is 217 g/mol. The van der Waals surface area contributed by atoms with Gasteiger partial charge in [0.1, 0.15) is 0 Å². The predicted octanol–water partition coefficient (Wildman–Crippen LogP) is 2.39. The van der Waals surface area contributed by atoms with Gasteiger partial charge in [-0.2, -0.15) is 13.2 Å². The van der Waals surface area contributed by atoms with Crippen LogP contribution in [0.3, 0.4) is 0 Å². The molecule has 0 aromatic rings. The molecule has 0 aromatic carbocycles. The third kappa shape index (κ3) is 4.29. The number of rotatable bonds is 5. The largest absolute Gasteiger partial charge is 0.401 e. The van der Waals surface area contributed by atoms with Crippen LogP contribution in [0.25, 0.3) is 0 Å². The van der Waals surface area contributed by atoms with Gasteiger partial charge in [-0.3, -0.25) is 4.90 Å². The Hall–Kier alpha value is -0.290. The molecule has 1 aliphatic rings. The Labute approximate surface area is 95.0 Å². The Kier molecular flexibility index (Phi) is 3.90. The number of nitrogens with zero attached hydrogens (tertiary/aromatic N) is 1. The van der Waals surface area contributed by atoms with E-state index in [0.717, 1.165) is 12.8 Å². The van der Waals surface area contributed by atoms with E-state index in [1.54, 1.807) is 13.8 Å². The molecule has 0 saturated heterocycles. The summed E-state index contributed by atoms with van der Waals surface area (Å²) in [5.74, 6) is 0.391. The topological polar surface area (TPSA) is 29.3 Å². The summed E-state index contributed by atoms with van der Waals surface area (Å²) in [7, 11) is 0. The summed E-state index contributed by atoms with van der Waals surface area (Å²) in [6.45, 7) is 4.85. The number of hydrogen-bond acceptors (Lipinski definition) is 2. The van der Waals surface area contributed by atoms with Gasteiger partial charge in [-0.25, -0.2) is 0 Å². The van der Waals surface area contributed by atoms with Gasteiger partial charge in [0.15, 0.2) is 0 Å². The number of nitrogens with two attached hydrogens (primary N) is 1. The quantitative estimate of drug-likeness (QED) is 0.796. The maximum atomic E-state index is 12.4. The summed E-state index contributed by atoms with van der Waals surface area (Å²) < 4.78 is 37.1. The van der Waals surface area contributed by atoms with Crippen LogP contribution in [-0.2, 0) is 0 Å². The Bertz CT molecular complexity index is 232. The minimum atomic E-state index is -4.15. The molecule has 5 heteroatoms. The molecule has 16 heavy (non-hydrogen) atoms. The molecule has 0 bridgehead atoms. The van der Waals surface area contributed by atoms with Crippen LogP contribution in [0.4, 0.5) is 13.2 Å². The zero-order chi connectivity index (χ0) is 12.6. The van der Waals surface area contributed by atoms with Gasteiger partial charge >= 0.3 is 6.18 Å². The molecule has 1 saturated carbocycles. The molecule has 2 N–H and O–H groups in total.